The molecule has 0 aliphatic carbocycles. The van der Waals surface area contributed by atoms with Crippen molar-refractivity contribution >= 4 is 11.9 Å². The van der Waals surface area contributed by atoms with Gasteiger partial charge in [-0.05, 0) is 38.8 Å². The molecule has 206 valence electrons. The molecule has 1 aromatic rings. The molecule has 0 saturated heterocycles. The Morgan fingerprint density at radius 2 is 1.28 bits per heavy atom. The van der Waals surface area contributed by atoms with Crippen LogP contribution in [0.5, 0.6) is 0 Å². The highest BCUT2D eigenvalue weighted by molar-refractivity contribution is 6.02. The Morgan fingerprint density at radius 3 is 1.81 bits per heavy atom. The molecule has 0 aliphatic heterocycles. The summed E-state index contributed by atoms with van der Waals surface area (Å²) in [7, 11) is 0. The molecule has 8 heteroatoms. The van der Waals surface area contributed by atoms with Crippen LogP contribution in [-0.2, 0) is 23.7 Å². The number of ether oxygens (including phenoxy) is 5. The van der Waals surface area contributed by atoms with Crippen molar-refractivity contribution in [2.75, 3.05) is 19.8 Å². The lowest BCUT2D eigenvalue weighted by Crippen LogP contribution is -2.30. The maximum Gasteiger partial charge on any atom is 0.341 e. The fourth-order valence-corrected chi connectivity index (χ4v) is 3.60. The molecule has 8 nitrogen and oxygen atoms in total. The van der Waals surface area contributed by atoms with Crippen molar-refractivity contribution in [1.82, 2.24) is 0 Å². The lowest BCUT2D eigenvalue weighted by Gasteiger charge is -2.23. The summed E-state index contributed by atoms with van der Waals surface area (Å²) in [5, 5.41) is 9.26. The number of carbonyl (C=O) groups excluding carboxylic acids is 1. The molecule has 36 heavy (non-hydrogen) atoms. The van der Waals surface area contributed by atoms with Crippen molar-refractivity contribution in [3.05, 3.63) is 35.4 Å². The fourth-order valence-electron chi connectivity index (χ4n) is 3.60. The Morgan fingerprint density at radius 1 is 0.750 bits per heavy atom. The lowest BCUT2D eigenvalue weighted by molar-refractivity contribution is -0.247. The van der Waals surface area contributed by atoms with E-state index in [1.807, 2.05) is 0 Å². The first-order chi connectivity index (χ1) is 17.4. The van der Waals surface area contributed by atoms with Crippen LogP contribution in [0.2, 0.25) is 0 Å². The molecule has 1 rings (SSSR count). The molecule has 0 bridgehead atoms. The number of carboxylic acids is 1. The maximum absolute atomic E-state index is 12.4. The summed E-state index contributed by atoms with van der Waals surface area (Å²) < 4.78 is 28.5. The predicted molar refractivity (Wildman–Crippen MR) is 138 cm³/mol. The first kappa shape index (κ1) is 32.0. The largest absolute Gasteiger partial charge is 0.478 e. The van der Waals surface area contributed by atoms with E-state index in [0.29, 0.717) is 13.2 Å². The monoisotopic (exact) mass is 510 g/mol. The molecular weight excluding hydrogens is 464 g/mol. The van der Waals surface area contributed by atoms with Crippen LogP contribution in [0.1, 0.15) is 113 Å². The second kappa shape index (κ2) is 20.1. The van der Waals surface area contributed by atoms with Crippen molar-refractivity contribution in [2.45, 2.75) is 111 Å². The Bertz CT molecular complexity index is 707. The lowest BCUT2D eigenvalue weighted by atomic mass is 10.1. The number of carboxylic acid groups (broad SMARTS) is 1. The smallest absolute Gasteiger partial charge is 0.341 e. The molecule has 0 heterocycles. The first-order valence-corrected chi connectivity index (χ1v) is 13.4. The van der Waals surface area contributed by atoms with Crippen molar-refractivity contribution < 1.29 is 38.4 Å². The minimum atomic E-state index is -1.20. The van der Waals surface area contributed by atoms with Crippen molar-refractivity contribution in [3.63, 3.8) is 0 Å². The molecule has 1 aromatic carbocycles. The minimum absolute atomic E-state index is 0.0336. The number of hydrogen-bond donors (Lipinski definition) is 1. The predicted octanol–water partition coefficient (Wildman–Crippen LogP) is 6.57. The maximum atomic E-state index is 12.4. The van der Waals surface area contributed by atoms with Gasteiger partial charge in [0, 0.05) is 13.2 Å². The van der Waals surface area contributed by atoms with Gasteiger partial charge in [-0.15, -0.1) is 0 Å². The zero-order valence-corrected chi connectivity index (χ0v) is 22.5. The summed E-state index contributed by atoms with van der Waals surface area (Å²) >= 11 is 0. The van der Waals surface area contributed by atoms with E-state index in [0.717, 1.165) is 25.7 Å². The normalized spacial score (nSPS) is 13.0. The zero-order valence-electron chi connectivity index (χ0n) is 22.5. The Balaban J connectivity index is 2.46. The van der Waals surface area contributed by atoms with Crippen LogP contribution in [-0.4, -0.2) is 55.7 Å². The summed E-state index contributed by atoms with van der Waals surface area (Å²) in [4.78, 5) is 23.7. The Hall–Kier alpha value is -2.00. The molecule has 0 spiro atoms. The van der Waals surface area contributed by atoms with E-state index in [-0.39, 0.29) is 17.7 Å². The standard InChI is InChI=1S/C28H46O8/c1-5-7-9-11-15-19-32-26(33-20-16-12-10-8-6-2)21-34-22(3)35-23(4)36-28(31)25-18-14-13-17-24(25)27(29)30/h13-14,17-18,22-23,26H,5-12,15-16,19-21H2,1-4H3,(H,29,30). The second-order valence-electron chi connectivity index (χ2n) is 8.86. The first-order valence-electron chi connectivity index (χ1n) is 13.4. The van der Waals surface area contributed by atoms with Crippen LogP contribution in [0.25, 0.3) is 0 Å². The van der Waals surface area contributed by atoms with Gasteiger partial charge in [-0.3, -0.25) is 0 Å². The summed E-state index contributed by atoms with van der Waals surface area (Å²) in [6, 6.07) is 5.88. The Labute approximate surface area is 216 Å². The van der Waals surface area contributed by atoms with Crippen molar-refractivity contribution in [1.29, 1.82) is 0 Å². The van der Waals surface area contributed by atoms with Gasteiger partial charge in [-0.1, -0.05) is 77.3 Å². The van der Waals surface area contributed by atoms with Crippen LogP contribution >= 0.6 is 0 Å². The number of benzene rings is 1. The number of rotatable bonds is 22. The third kappa shape index (κ3) is 14.5. The van der Waals surface area contributed by atoms with Crippen molar-refractivity contribution in [2.24, 2.45) is 0 Å². The van der Waals surface area contributed by atoms with Gasteiger partial charge >= 0.3 is 11.9 Å². The molecule has 2 unspecified atom stereocenters. The summed E-state index contributed by atoms with van der Waals surface area (Å²) in [5.74, 6) is -1.97. The van der Waals surface area contributed by atoms with Gasteiger partial charge in [-0.25, -0.2) is 9.59 Å². The van der Waals surface area contributed by atoms with Gasteiger partial charge in [0.05, 0.1) is 11.1 Å². The van der Waals surface area contributed by atoms with Gasteiger partial charge in [0.15, 0.2) is 12.6 Å². The van der Waals surface area contributed by atoms with Crippen LogP contribution in [0.4, 0.5) is 0 Å². The SMILES string of the molecule is CCCCCCCOC(COC(C)OC(C)OC(=O)c1ccccc1C(=O)O)OCCCCCCC. The quantitative estimate of drug-likeness (QED) is 0.106. The molecule has 0 aliphatic rings. The van der Waals surface area contributed by atoms with Gasteiger partial charge in [0.25, 0.3) is 0 Å². The molecule has 1 N–H and O–H groups in total. The third-order valence-corrected chi connectivity index (χ3v) is 5.60. The van der Waals surface area contributed by atoms with E-state index in [4.69, 9.17) is 23.7 Å². The van der Waals surface area contributed by atoms with Gasteiger partial charge in [0.2, 0.25) is 6.29 Å². The van der Waals surface area contributed by atoms with E-state index in [2.05, 4.69) is 13.8 Å². The molecule has 0 radical (unpaired) electrons. The molecular formula is C28H46O8. The van der Waals surface area contributed by atoms with Crippen LogP contribution in [0, 0.1) is 0 Å². The van der Waals surface area contributed by atoms with Gasteiger partial charge in [0.1, 0.15) is 6.61 Å². The second-order valence-corrected chi connectivity index (χ2v) is 8.86. The van der Waals surface area contributed by atoms with Crippen LogP contribution in [0.15, 0.2) is 24.3 Å². The summed E-state index contributed by atoms with van der Waals surface area (Å²) in [6.07, 6.45) is 9.40. The zero-order chi connectivity index (χ0) is 26.6. The summed E-state index contributed by atoms with van der Waals surface area (Å²) in [6.45, 7) is 9.05. The molecule has 0 fully saturated rings. The number of aromatic carboxylic acids is 1. The average molecular weight is 511 g/mol. The number of esters is 1. The highest BCUT2D eigenvalue weighted by atomic mass is 16.8. The third-order valence-electron chi connectivity index (χ3n) is 5.60. The number of carbonyl (C=O) groups is 2. The van der Waals surface area contributed by atoms with Crippen LogP contribution in [0.3, 0.4) is 0 Å². The number of unbranched alkanes of at least 4 members (excludes halogenated alkanes) is 8. The van der Waals surface area contributed by atoms with Gasteiger partial charge < -0.3 is 28.8 Å². The molecule has 0 saturated carbocycles. The van der Waals surface area contributed by atoms with E-state index in [1.54, 1.807) is 26.0 Å². The fraction of sp³-hybridized carbons (Fsp3) is 0.714. The highest BCUT2D eigenvalue weighted by Gasteiger charge is 2.21. The minimum Gasteiger partial charge on any atom is -0.478 e. The van der Waals surface area contributed by atoms with E-state index in [1.165, 1.54) is 50.7 Å². The van der Waals surface area contributed by atoms with Crippen LogP contribution < -0.4 is 0 Å². The topological polar surface area (TPSA) is 101 Å². The number of hydrogen-bond acceptors (Lipinski definition) is 7. The highest BCUT2D eigenvalue weighted by Crippen LogP contribution is 2.14. The molecule has 0 aromatic heterocycles. The van der Waals surface area contributed by atoms with Gasteiger partial charge in [-0.2, -0.15) is 0 Å². The van der Waals surface area contributed by atoms with E-state index in [9.17, 15) is 14.7 Å². The Kier molecular flexibility index (Phi) is 17.9. The summed E-state index contributed by atoms with van der Waals surface area (Å²) in [5.41, 5.74) is -0.158. The van der Waals surface area contributed by atoms with E-state index >= 15 is 0 Å². The molecule has 0 amide bonds. The van der Waals surface area contributed by atoms with Crippen molar-refractivity contribution in [3.8, 4) is 0 Å². The van der Waals surface area contributed by atoms with E-state index < -0.39 is 30.8 Å². The average Bonchev–Trinajstić information content (AvgIpc) is 2.85. The molecule has 2 atom stereocenters.